The number of aromatic amines is 1. The van der Waals surface area contributed by atoms with Crippen LogP contribution in [0, 0.1) is 5.92 Å². The van der Waals surface area contributed by atoms with Gasteiger partial charge in [0.1, 0.15) is 18.1 Å². The van der Waals surface area contributed by atoms with Gasteiger partial charge in [-0.25, -0.2) is 0 Å². The summed E-state index contributed by atoms with van der Waals surface area (Å²) in [6.45, 7) is 6.47. The zero-order chi connectivity index (χ0) is 26.3. The molecule has 2 aromatic rings. The van der Waals surface area contributed by atoms with E-state index in [1.54, 1.807) is 6.20 Å². The molecule has 1 unspecified atom stereocenters. The minimum Gasteiger partial charge on any atom is -0.480 e. The lowest BCUT2D eigenvalue weighted by Crippen LogP contribution is -2.59. The number of carboxylic acids is 1. The molecule has 35 heavy (non-hydrogen) atoms. The van der Waals surface area contributed by atoms with Gasteiger partial charge in [0.15, 0.2) is 0 Å². The highest BCUT2D eigenvalue weighted by Gasteiger charge is 2.32. The van der Waals surface area contributed by atoms with Crippen molar-refractivity contribution < 1.29 is 29.4 Å². The Hall–Kier alpha value is -3.44. The Morgan fingerprint density at radius 3 is 2.20 bits per heavy atom. The second kappa shape index (κ2) is 12.3. The van der Waals surface area contributed by atoms with Gasteiger partial charge in [0.2, 0.25) is 17.7 Å². The van der Waals surface area contributed by atoms with Crippen molar-refractivity contribution in [3.05, 3.63) is 36.0 Å². The number of aliphatic hydroxyl groups is 1. The monoisotopic (exact) mass is 489 g/mol. The largest absolute Gasteiger partial charge is 0.480 e. The molecule has 11 heteroatoms. The molecule has 3 amide bonds. The van der Waals surface area contributed by atoms with Crippen LogP contribution in [0.3, 0.4) is 0 Å². The molecule has 0 saturated heterocycles. The normalized spacial score (nSPS) is 15.7. The second-order valence-corrected chi connectivity index (χ2v) is 9.16. The SMILES string of the molecule is CC(C)C[C@H](NC(=O)[C@H](Cc1c[nH]c2ccccc12)NC(C)C(=O)O)C(=O)N[C@H](C(N)=O)[C@@H](C)O. The van der Waals surface area contributed by atoms with Crippen molar-refractivity contribution in [1.82, 2.24) is 20.9 Å². The molecule has 0 bridgehead atoms. The van der Waals surface area contributed by atoms with E-state index < -0.39 is 54.0 Å². The van der Waals surface area contributed by atoms with Crippen LogP contribution >= 0.6 is 0 Å². The smallest absolute Gasteiger partial charge is 0.320 e. The number of carboxylic acid groups (broad SMARTS) is 1. The van der Waals surface area contributed by atoms with Crippen molar-refractivity contribution in [2.45, 2.75) is 70.8 Å². The highest BCUT2D eigenvalue weighted by atomic mass is 16.4. The molecule has 0 aliphatic rings. The summed E-state index contributed by atoms with van der Waals surface area (Å²) in [5.74, 6) is -3.27. The number of nitrogens with one attached hydrogen (secondary N) is 4. The third-order valence-electron chi connectivity index (χ3n) is 5.66. The quantitative estimate of drug-likeness (QED) is 0.207. The van der Waals surface area contributed by atoms with Gasteiger partial charge in [-0.1, -0.05) is 32.0 Å². The van der Waals surface area contributed by atoms with Gasteiger partial charge in [-0.05, 0) is 44.2 Å². The van der Waals surface area contributed by atoms with E-state index in [0.29, 0.717) is 0 Å². The zero-order valence-corrected chi connectivity index (χ0v) is 20.4. The number of hydrogen-bond donors (Lipinski definition) is 7. The van der Waals surface area contributed by atoms with Crippen LogP contribution < -0.4 is 21.7 Å². The van der Waals surface area contributed by atoms with Crippen molar-refractivity contribution in [3.63, 3.8) is 0 Å². The maximum Gasteiger partial charge on any atom is 0.320 e. The van der Waals surface area contributed by atoms with Gasteiger partial charge in [-0.2, -0.15) is 0 Å². The fraction of sp³-hybridized carbons (Fsp3) is 0.500. The number of H-pyrrole nitrogens is 1. The van der Waals surface area contributed by atoms with Gasteiger partial charge in [0.05, 0.1) is 12.1 Å². The summed E-state index contributed by atoms with van der Waals surface area (Å²) in [5.41, 5.74) is 6.95. The highest BCUT2D eigenvalue weighted by molar-refractivity contribution is 5.93. The van der Waals surface area contributed by atoms with Crippen LogP contribution in [0.25, 0.3) is 10.9 Å². The van der Waals surface area contributed by atoms with Crippen LogP contribution in [0.1, 0.15) is 39.7 Å². The van der Waals surface area contributed by atoms with Crippen molar-refractivity contribution in [2.75, 3.05) is 0 Å². The van der Waals surface area contributed by atoms with E-state index >= 15 is 0 Å². The maximum atomic E-state index is 13.3. The van der Waals surface area contributed by atoms with Crippen molar-refractivity contribution >= 4 is 34.6 Å². The third-order valence-corrected chi connectivity index (χ3v) is 5.66. The van der Waals surface area contributed by atoms with E-state index in [2.05, 4.69) is 20.9 Å². The Labute approximate surface area is 203 Å². The van der Waals surface area contributed by atoms with Gasteiger partial charge in [0, 0.05) is 17.1 Å². The number of amides is 3. The summed E-state index contributed by atoms with van der Waals surface area (Å²) in [6, 6.07) is 3.18. The summed E-state index contributed by atoms with van der Waals surface area (Å²) >= 11 is 0. The summed E-state index contributed by atoms with van der Waals surface area (Å²) in [7, 11) is 0. The lowest BCUT2D eigenvalue weighted by atomic mass is 10.00. The maximum absolute atomic E-state index is 13.3. The number of carbonyl (C=O) groups is 4. The van der Waals surface area contributed by atoms with Gasteiger partial charge >= 0.3 is 5.97 Å². The van der Waals surface area contributed by atoms with Crippen molar-refractivity contribution in [3.8, 4) is 0 Å². The summed E-state index contributed by atoms with van der Waals surface area (Å²) in [5, 5.41) is 27.9. The highest BCUT2D eigenvalue weighted by Crippen LogP contribution is 2.19. The van der Waals surface area contributed by atoms with E-state index in [1.165, 1.54) is 13.8 Å². The molecule has 192 valence electrons. The number of hydrogen-bond acceptors (Lipinski definition) is 6. The number of carbonyl (C=O) groups excluding carboxylic acids is 3. The van der Waals surface area contributed by atoms with E-state index in [9.17, 15) is 29.4 Å². The van der Waals surface area contributed by atoms with Gasteiger partial charge in [0.25, 0.3) is 0 Å². The second-order valence-electron chi connectivity index (χ2n) is 9.16. The van der Waals surface area contributed by atoms with Gasteiger partial charge < -0.3 is 31.6 Å². The fourth-order valence-electron chi connectivity index (χ4n) is 3.78. The average molecular weight is 490 g/mol. The molecule has 2 rings (SSSR count). The molecule has 1 aromatic carbocycles. The van der Waals surface area contributed by atoms with Crippen molar-refractivity contribution in [1.29, 1.82) is 0 Å². The van der Waals surface area contributed by atoms with E-state index in [-0.39, 0.29) is 18.8 Å². The standard InChI is InChI=1S/C24H35N5O6/c1-12(2)9-18(23(33)29-20(14(4)30)21(25)31)28-22(32)19(27-13(3)24(34)35)10-15-11-26-17-8-6-5-7-16(15)17/h5-8,11-14,18-20,26-27,30H,9-10H2,1-4H3,(H2,25,31)(H,28,32)(H,29,33)(H,34,35)/t13?,14-,18+,19+,20+/m1/s1. The van der Waals surface area contributed by atoms with Crippen LogP contribution in [-0.4, -0.2) is 69.2 Å². The first-order valence-corrected chi connectivity index (χ1v) is 11.5. The number of benzene rings is 1. The summed E-state index contributed by atoms with van der Waals surface area (Å²) in [4.78, 5) is 52.4. The van der Waals surface area contributed by atoms with Crippen LogP contribution in [0.2, 0.25) is 0 Å². The number of aliphatic hydroxyl groups excluding tert-OH is 1. The predicted octanol–water partition coefficient (Wildman–Crippen LogP) is 0.0235. The predicted molar refractivity (Wildman–Crippen MR) is 130 cm³/mol. The van der Waals surface area contributed by atoms with Crippen LogP contribution in [0.4, 0.5) is 0 Å². The molecular weight excluding hydrogens is 454 g/mol. The fourth-order valence-corrected chi connectivity index (χ4v) is 3.78. The van der Waals surface area contributed by atoms with Crippen LogP contribution in [0.5, 0.6) is 0 Å². The van der Waals surface area contributed by atoms with Gasteiger partial charge in [-0.3, -0.25) is 24.5 Å². The van der Waals surface area contributed by atoms with Crippen LogP contribution in [-0.2, 0) is 25.6 Å². The van der Waals surface area contributed by atoms with Crippen LogP contribution in [0.15, 0.2) is 30.5 Å². The molecule has 0 aliphatic heterocycles. The Kier molecular flexibility index (Phi) is 9.78. The molecule has 1 heterocycles. The first kappa shape index (κ1) is 27.8. The summed E-state index contributed by atoms with van der Waals surface area (Å²) < 4.78 is 0. The molecule has 0 spiro atoms. The van der Waals surface area contributed by atoms with E-state index in [4.69, 9.17) is 5.73 Å². The topological polar surface area (TPSA) is 187 Å². The number of nitrogens with two attached hydrogens (primary N) is 1. The first-order chi connectivity index (χ1) is 16.4. The molecule has 11 nitrogen and oxygen atoms in total. The molecule has 1 aromatic heterocycles. The molecule has 0 saturated carbocycles. The Bertz CT molecular complexity index is 1050. The molecule has 0 radical (unpaired) electrons. The minimum atomic E-state index is -1.32. The van der Waals surface area contributed by atoms with Crippen molar-refractivity contribution in [2.24, 2.45) is 11.7 Å². The van der Waals surface area contributed by atoms with E-state index in [1.807, 2.05) is 38.1 Å². The number of fused-ring (bicyclic) bond motifs is 1. The zero-order valence-electron chi connectivity index (χ0n) is 20.4. The minimum absolute atomic E-state index is 0.00241. The molecule has 5 atom stereocenters. The lowest BCUT2D eigenvalue weighted by molar-refractivity contribution is -0.139. The van der Waals surface area contributed by atoms with Gasteiger partial charge in [-0.15, -0.1) is 0 Å². The summed E-state index contributed by atoms with van der Waals surface area (Å²) in [6.07, 6.45) is 0.953. The third kappa shape index (κ3) is 7.79. The number of para-hydroxylation sites is 1. The number of primary amides is 1. The number of aromatic nitrogens is 1. The Morgan fingerprint density at radius 2 is 1.63 bits per heavy atom. The average Bonchev–Trinajstić information content (AvgIpc) is 3.18. The molecule has 0 fully saturated rings. The molecule has 0 aliphatic carbocycles. The Balaban J connectivity index is 2.28. The first-order valence-electron chi connectivity index (χ1n) is 11.5. The Morgan fingerprint density at radius 1 is 1.00 bits per heavy atom. The number of rotatable bonds is 13. The van der Waals surface area contributed by atoms with E-state index in [0.717, 1.165) is 16.5 Å². The lowest BCUT2D eigenvalue weighted by Gasteiger charge is -2.27. The number of aliphatic carboxylic acids is 1. The molecular formula is C24H35N5O6. The molecule has 8 N–H and O–H groups in total.